The summed E-state index contributed by atoms with van der Waals surface area (Å²) in [5.41, 5.74) is 0. The number of unbranched alkanes of at least 4 members (excludes halogenated alkanes) is 1. The Morgan fingerprint density at radius 2 is 1.91 bits per heavy atom. The smallest absolute Gasteiger partial charge is 0.191 e. The first-order valence-corrected chi connectivity index (χ1v) is 10.2. The molecular weight excluding hydrogens is 292 g/mol. The standard InChI is InChI=1S/C17H36N4S/c1-18-17(19-12-8-9-13-22-4)20-14-16(21(2)3)15-10-6-5-7-11-15/h15-16H,5-14H2,1-4H3,(H2,18,19,20). The van der Waals surface area contributed by atoms with E-state index in [2.05, 4.69) is 40.9 Å². The van der Waals surface area contributed by atoms with Crippen LogP contribution >= 0.6 is 11.8 Å². The summed E-state index contributed by atoms with van der Waals surface area (Å²) in [6.07, 6.45) is 11.6. The summed E-state index contributed by atoms with van der Waals surface area (Å²) >= 11 is 1.92. The van der Waals surface area contributed by atoms with Gasteiger partial charge in [0, 0.05) is 26.2 Å². The molecule has 1 saturated carbocycles. The van der Waals surface area contributed by atoms with Crippen LogP contribution < -0.4 is 10.6 Å². The maximum Gasteiger partial charge on any atom is 0.191 e. The van der Waals surface area contributed by atoms with Crippen LogP contribution in [0.5, 0.6) is 0 Å². The highest BCUT2D eigenvalue weighted by Crippen LogP contribution is 2.27. The second-order valence-corrected chi connectivity index (χ2v) is 7.49. The molecule has 0 aromatic heterocycles. The fourth-order valence-electron chi connectivity index (χ4n) is 3.29. The third-order valence-electron chi connectivity index (χ3n) is 4.63. The Bertz CT molecular complexity index is 301. The molecule has 1 unspecified atom stereocenters. The van der Waals surface area contributed by atoms with Crippen molar-refractivity contribution in [3.05, 3.63) is 0 Å². The highest BCUT2D eigenvalue weighted by atomic mass is 32.2. The topological polar surface area (TPSA) is 39.7 Å². The van der Waals surface area contributed by atoms with Gasteiger partial charge in [0.25, 0.3) is 0 Å². The zero-order valence-electron chi connectivity index (χ0n) is 15.0. The quantitative estimate of drug-likeness (QED) is 0.388. The second kappa shape index (κ2) is 12.1. The lowest BCUT2D eigenvalue weighted by atomic mass is 9.83. The molecule has 0 bridgehead atoms. The minimum absolute atomic E-state index is 0.607. The Labute approximate surface area is 141 Å². The molecule has 0 heterocycles. The van der Waals surface area contributed by atoms with Crippen LogP contribution in [0.4, 0.5) is 0 Å². The summed E-state index contributed by atoms with van der Waals surface area (Å²) in [5, 5.41) is 6.97. The van der Waals surface area contributed by atoms with Crippen LogP contribution in [0.25, 0.3) is 0 Å². The van der Waals surface area contributed by atoms with Gasteiger partial charge in [-0.1, -0.05) is 19.3 Å². The first-order valence-electron chi connectivity index (χ1n) is 8.79. The predicted octanol–water partition coefficient (Wildman–Crippen LogP) is 2.81. The van der Waals surface area contributed by atoms with Crippen LogP contribution in [0.15, 0.2) is 4.99 Å². The van der Waals surface area contributed by atoms with Gasteiger partial charge in [0.2, 0.25) is 0 Å². The van der Waals surface area contributed by atoms with Crippen molar-refractivity contribution in [2.75, 3.05) is 46.2 Å². The number of hydrogen-bond donors (Lipinski definition) is 2. The van der Waals surface area contributed by atoms with E-state index in [9.17, 15) is 0 Å². The van der Waals surface area contributed by atoms with Gasteiger partial charge >= 0.3 is 0 Å². The molecule has 0 aliphatic heterocycles. The largest absolute Gasteiger partial charge is 0.356 e. The lowest BCUT2D eigenvalue weighted by Gasteiger charge is -2.35. The Morgan fingerprint density at radius 3 is 2.50 bits per heavy atom. The summed E-state index contributed by atoms with van der Waals surface area (Å²) in [6, 6.07) is 0.607. The molecule has 22 heavy (non-hydrogen) atoms. The molecular formula is C17H36N4S. The molecule has 0 saturated heterocycles. The van der Waals surface area contributed by atoms with Crippen molar-refractivity contribution in [2.45, 2.75) is 51.0 Å². The number of nitrogens with zero attached hydrogens (tertiary/aromatic N) is 2. The Balaban J connectivity index is 2.31. The Morgan fingerprint density at radius 1 is 1.18 bits per heavy atom. The van der Waals surface area contributed by atoms with Gasteiger partial charge in [0.1, 0.15) is 0 Å². The SMILES string of the molecule is CN=C(NCCCCSC)NCC(C1CCCCC1)N(C)C. The van der Waals surface area contributed by atoms with Gasteiger partial charge in [-0.3, -0.25) is 4.99 Å². The van der Waals surface area contributed by atoms with Crippen LogP contribution in [-0.4, -0.2) is 63.1 Å². The van der Waals surface area contributed by atoms with Crippen molar-refractivity contribution in [1.82, 2.24) is 15.5 Å². The van der Waals surface area contributed by atoms with Gasteiger partial charge in [-0.25, -0.2) is 0 Å². The Hall–Kier alpha value is -0.420. The maximum absolute atomic E-state index is 4.35. The van der Waals surface area contributed by atoms with Crippen molar-refractivity contribution in [3.8, 4) is 0 Å². The van der Waals surface area contributed by atoms with Gasteiger partial charge in [-0.05, 0) is 57.7 Å². The van der Waals surface area contributed by atoms with E-state index < -0.39 is 0 Å². The highest BCUT2D eigenvalue weighted by Gasteiger charge is 2.25. The van der Waals surface area contributed by atoms with E-state index >= 15 is 0 Å². The summed E-state index contributed by atoms with van der Waals surface area (Å²) in [4.78, 5) is 6.74. The van der Waals surface area contributed by atoms with Gasteiger partial charge in [-0.2, -0.15) is 11.8 Å². The fourth-order valence-corrected chi connectivity index (χ4v) is 3.78. The van der Waals surface area contributed by atoms with Crippen molar-refractivity contribution in [3.63, 3.8) is 0 Å². The van der Waals surface area contributed by atoms with E-state index in [0.29, 0.717) is 6.04 Å². The summed E-state index contributed by atoms with van der Waals surface area (Å²) in [6.45, 7) is 2.00. The lowest BCUT2D eigenvalue weighted by molar-refractivity contribution is 0.171. The number of nitrogens with one attached hydrogen (secondary N) is 2. The molecule has 2 N–H and O–H groups in total. The minimum Gasteiger partial charge on any atom is -0.356 e. The molecule has 1 fully saturated rings. The van der Waals surface area contributed by atoms with Gasteiger partial charge < -0.3 is 15.5 Å². The molecule has 5 heteroatoms. The van der Waals surface area contributed by atoms with Gasteiger partial charge in [0.15, 0.2) is 5.96 Å². The number of thioether (sulfide) groups is 1. The van der Waals surface area contributed by atoms with Crippen LogP contribution in [0, 0.1) is 5.92 Å². The lowest BCUT2D eigenvalue weighted by Crippen LogP contribution is -2.48. The van der Waals surface area contributed by atoms with Crippen LogP contribution in [-0.2, 0) is 0 Å². The summed E-state index contributed by atoms with van der Waals surface area (Å²) in [5.74, 6) is 3.03. The van der Waals surface area contributed by atoms with Gasteiger partial charge in [-0.15, -0.1) is 0 Å². The predicted molar refractivity (Wildman–Crippen MR) is 101 cm³/mol. The third kappa shape index (κ3) is 7.73. The summed E-state index contributed by atoms with van der Waals surface area (Å²) < 4.78 is 0. The average molecular weight is 329 g/mol. The minimum atomic E-state index is 0.607. The van der Waals surface area contributed by atoms with Crippen molar-refractivity contribution < 1.29 is 0 Å². The van der Waals surface area contributed by atoms with E-state index in [1.54, 1.807) is 0 Å². The maximum atomic E-state index is 4.35. The molecule has 1 rings (SSSR count). The fraction of sp³-hybridized carbons (Fsp3) is 0.941. The number of guanidine groups is 1. The number of likely N-dealkylation sites (N-methyl/N-ethyl adjacent to an activating group) is 1. The van der Waals surface area contributed by atoms with Gasteiger partial charge in [0.05, 0.1) is 0 Å². The molecule has 0 spiro atoms. The average Bonchev–Trinajstić information content (AvgIpc) is 2.53. The number of hydrogen-bond acceptors (Lipinski definition) is 3. The van der Waals surface area contributed by atoms with Crippen LogP contribution in [0.1, 0.15) is 44.9 Å². The second-order valence-electron chi connectivity index (χ2n) is 6.51. The molecule has 0 amide bonds. The first-order chi connectivity index (χ1) is 10.7. The molecule has 130 valence electrons. The molecule has 0 aromatic rings. The van der Waals surface area contributed by atoms with E-state index in [1.807, 2.05) is 18.8 Å². The third-order valence-corrected chi connectivity index (χ3v) is 5.32. The molecule has 4 nitrogen and oxygen atoms in total. The van der Waals surface area contributed by atoms with E-state index in [4.69, 9.17) is 0 Å². The van der Waals surface area contributed by atoms with Crippen molar-refractivity contribution in [2.24, 2.45) is 10.9 Å². The monoisotopic (exact) mass is 328 g/mol. The molecule has 1 aliphatic carbocycles. The van der Waals surface area contributed by atoms with E-state index in [-0.39, 0.29) is 0 Å². The number of rotatable bonds is 9. The zero-order valence-corrected chi connectivity index (χ0v) is 15.8. The van der Waals surface area contributed by atoms with E-state index in [1.165, 1.54) is 50.7 Å². The Kier molecular flexibility index (Phi) is 10.8. The number of aliphatic imine (C=N–C) groups is 1. The molecule has 1 atom stereocenters. The molecule has 0 radical (unpaired) electrons. The molecule has 0 aromatic carbocycles. The first kappa shape index (κ1) is 19.6. The highest BCUT2D eigenvalue weighted by molar-refractivity contribution is 7.98. The normalized spacial score (nSPS) is 18.5. The molecule has 1 aliphatic rings. The van der Waals surface area contributed by atoms with Crippen molar-refractivity contribution >= 4 is 17.7 Å². The van der Waals surface area contributed by atoms with Crippen LogP contribution in [0.3, 0.4) is 0 Å². The van der Waals surface area contributed by atoms with Crippen LogP contribution in [0.2, 0.25) is 0 Å². The zero-order chi connectivity index (χ0) is 16.2. The van der Waals surface area contributed by atoms with E-state index in [0.717, 1.165) is 25.0 Å². The van der Waals surface area contributed by atoms with Crippen molar-refractivity contribution in [1.29, 1.82) is 0 Å². The summed E-state index contributed by atoms with van der Waals surface area (Å²) in [7, 11) is 6.28.